The first-order chi connectivity index (χ1) is 7.58. The summed E-state index contributed by atoms with van der Waals surface area (Å²) in [7, 11) is 0. The van der Waals surface area contributed by atoms with Crippen LogP contribution in [0.2, 0.25) is 0 Å². The Morgan fingerprint density at radius 3 is 2.62 bits per heavy atom. The minimum absolute atomic E-state index is 0.490. The number of anilines is 1. The molecule has 0 aliphatic heterocycles. The minimum atomic E-state index is 0.490. The highest BCUT2D eigenvalue weighted by Crippen LogP contribution is 2.21. The second-order valence-corrected chi connectivity index (χ2v) is 3.70. The molecule has 0 aromatic heterocycles. The van der Waals surface area contributed by atoms with Crippen LogP contribution in [0.3, 0.4) is 0 Å². The number of nitrogens with zero attached hydrogens (tertiary/aromatic N) is 1. The summed E-state index contributed by atoms with van der Waals surface area (Å²) in [6, 6.07) is 7.85. The maximum atomic E-state index is 8.75. The van der Waals surface area contributed by atoms with E-state index >= 15 is 0 Å². The zero-order valence-electron chi connectivity index (χ0n) is 9.80. The third-order valence-electron chi connectivity index (χ3n) is 2.45. The van der Waals surface area contributed by atoms with E-state index < -0.39 is 0 Å². The maximum absolute atomic E-state index is 8.75. The fourth-order valence-corrected chi connectivity index (χ4v) is 1.34. The quantitative estimate of drug-likeness (QED) is 0.769. The van der Waals surface area contributed by atoms with Crippen molar-refractivity contribution < 1.29 is 0 Å². The molecule has 0 saturated heterocycles. The normalized spacial score (nSPS) is 9.31. The number of hydrogen-bond donors (Lipinski definition) is 1. The summed E-state index contributed by atoms with van der Waals surface area (Å²) >= 11 is 0. The van der Waals surface area contributed by atoms with Crippen molar-refractivity contribution >= 4 is 11.3 Å². The van der Waals surface area contributed by atoms with Crippen LogP contribution in [0, 0.1) is 18.3 Å². The molecular weight excluding hydrogens is 196 g/mol. The molecule has 0 fully saturated rings. The summed E-state index contributed by atoms with van der Waals surface area (Å²) in [5.74, 6) is 0. The number of hydrogen-bond acceptors (Lipinski definition) is 2. The topological polar surface area (TPSA) is 35.8 Å². The lowest BCUT2D eigenvalue weighted by atomic mass is 10.0. The standard InChI is InChI=1S/C14H16N2/c1-5-12(4)16-14-7-6-13(8-10(14)2)11(3)9-15/h6-8,16H,3-5H2,1-2H3. The molecule has 1 aromatic rings. The summed E-state index contributed by atoms with van der Waals surface area (Å²) in [5.41, 5.74) is 4.46. The van der Waals surface area contributed by atoms with E-state index in [0.29, 0.717) is 5.57 Å². The highest BCUT2D eigenvalue weighted by Gasteiger charge is 2.02. The van der Waals surface area contributed by atoms with Crippen LogP contribution in [0.25, 0.3) is 5.57 Å². The van der Waals surface area contributed by atoms with Crippen LogP contribution in [0.15, 0.2) is 37.1 Å². The van der Waals surface area contributed by atoms with Gasteiger partial charge in [0.25, 0.3) is 0 Å². The van der Waals surface area contributed by atoms with Gasteiger partial charge >= 0.3 is 0 Å². The van der Waals surface area contributed by atoms with Crippen LogP contribution in [-0.4, -0.2) is 0 Å². The van der Waals surface area contributed by atoms with Crippen LogP contribution in [-0.2, 0) is 0 Å². The molecular formula is C14H16N2. The predicted molar refractivity (Wildman–Crippen MR) is 68.9 cm³/mol. The molecule has 1 rings (SSSR count). The van der Waals surface area contributed by atoms with Gasteiger partial charge < -0.3 is 5.32 Å². The molecule has 82 valence electrons. The Hall–Kier alpha value is -2.01. The molecule has 1 aromatic carbocycles. The number of nitriles is 1. The zero-order chi connectivity index (χ0) is 12.1. The van der Waals surface area contributed by atoms with Crippen molar-refractivity contribution in [3.8, 4) is 6.07 Å². The SMILES string of the molecule is C=C(CC)Nc1ccc(C(=C)C#N)cc1C. The van der Waals surface area contributed by atoms with Gasteiger partial charge in [-0.3, -0.25) is 0 Å². The van der Waals surface area contributed by atoms with Crippen LogP contribution in [0.1, 0.15) is 24.5 Å². The second kappa shape index (κ2) is 5.18. The van der Waals surface area contributed by atoms with Crippen LogP contribution in [0.4, 0.5) is 5.69 Å². The van der Waals surface area contributed by atoms with E-state index in [4.69, 9.17) is 5.26 Å². The van der Waals surface area contributed by atoms with Crippen molar-refractivity contribution in [2.45, 2.75) is 20.3 Å². The van der Waals surface area contributed by atoms with E-state index in [1.807, 2.05) is 31.2 Å². The minimum Gasteiger partial charge on any atom is -0.359 e. The van der Waals surface area contributed by atoms with Crippen molar-refractivity contribution in [3.63, 3.8) is 0 Å². The van der Waals surface area contributed by atoms with Gasteiger partial charge in [0.2, 0.25) is 0 Å². The molecule has 0 heterocycles. The number of allylic oxidation sites excluding steroid dienone is 2. The summed E-state index contributed by atoms with van der Waals surface area (Å²) in [6.07, 6.45) is 0.895. The van der Waals surface area contributed by atoms with Crippen molar-refractivity contribution in [2.75, 3.05) is 5.32 Å². The van der Waals surface area contributed by atoms with Gasteiger partial charge in [0, 0.05) is 11.4 Å². The molecule has 0 bridgehead atoms. The molecule has 0 amide bonds. The fourth-order valence-electron chi connectivity index (χ4n) is 1.34. The van der Waals surface area contributed by atoms with E-state index in [1.54, 1.807) is 0 Å². The second-order valence-electron chi connectivity index (χ2n) is 3.70. The van der Waals surface area contributed by atoms with Crippen molar-refractivity contribution in [3.05, 3.63) is 48.2 Å². The van der Waals surface area contributed by atoms with Gasteiger partial charge in [-0.25, -0.2) is 0 Å². The van der Waals surface area contributed by atoms with E-state index in [2.05, 4.69) is 25.4 Å². The molecule has 16 heavy (non-hydrogen) atoms. The number of benzene rings is 1. The molecule has 0 aliphatic rings. The largest absolute Gasteiger partial charge is 0.359 e. The van der Waals surface area contributed by atoms with Gasteiger partial charge in [0.1, 0.15) is 0 Å². The molecule has 0 atom stereocenters. The Labute approximate surface area is 96.9 Å². The van der Waals surface area contributed by atoms with Crippen LogP contribution in [0.5, 0.6) is 0 Å². The zero-order valence-corrected chi connectivity index (χ0v) is 9.80. The molecule has 0 radical (unpaired) electrons. The van der Waals surface area contributed by atoms with E-state index in [9.17, 15) is 0 Å². The van der Waals surface area contributed by atoms with Gasteiger partial charge in [-0.05, 0) is 36.6 Å². The Balaban J connectivity index is 2.97. The summed E-state index contributed by atoms with van der Waals surface area (Å²) < 4.78 is 0. The molecule has 2 nitrogen and oxygen atoms in total. The lowest BCUT2D eigenvalue weighted by molar-refractivity contribution is 1.11. The van der Waals surface area contributed by atoms with E-state index in [0.717, 1.165) is 28.9 Å². The van der Waals surface area contributed by atoms with Crippen LogP contribution < -0.4 is 5.32 Å². The Morgan fingerprint density at radius 2 is 2.12 bits per heavy atom. The van der Waals surface area contributed by atoms with Gasteiger partial charge in [0.15, 0.2) is 0 Å². The lowest BCUT2D eigenvalue weighted by Gasteiger charge is -2.11. The predicted octanol–water partition coefficient (Wildman–Crippen LogP) is 3.87. The van der Waals surface area contributed by atoms with Crippen molar-refractivity contribution in [1.29, 1.82) is 5.26 Å². The third-order valence-corrected chi connectivity index (χ3v) is 2.45. The average molecular weight is 212 g/mol. The Morgan fingerprint density at radius 1 is 1.44 bits per heavy atom. The molecule has 1 N–H and O–H groups in total. The van der Waals surface area contributed by atoms with Crippen molar-refractivity contribution in [2.24, 2.45) is 0 Å². The molecule has 0 unspecified atom stereocenters. The summed E-state index contributed by atoms with van der Waals surface area (Å²) in [4.78, 5) is 0. The van der Waals surface area contributed by atoms with Gasteiger partial charge in [-0.1, -0.05) is 26.1 Å². The highest BCUT2D eigenvalue weighted by atomic mass is 14.9. The molecule has 0 spiro atoms. The van der Waals surface area contributed by atoms with Gasteiger partial charge in [-0.15, -0.1) is 0 Å². The fraction of sp³-hybridized carbons (Fsp3) is 0.214. The smallest absolute Gasteiger partial charge is 0.0991 e. The van der Waals surface area contributed by atoms with Crippen molar-refractivity contribution in [1.82, 2.24) is 0 Å². The maximum Gasteiger partial charge on any atom is 0.0991 e. The summed E-state index contributed by atoms with van der Waals surface area (Å²) in [5, 5.41) is 12.0. The third kappa shape index (κ3) is 2.74. The molecule has 2 heteroatoms. The molecule has 0 aliphatic carbocycles. The van der Waals surface area contributed by atoms with E-state index in [1.165, 1.54) is 0 Å². The highest BCUT2D eigenvalue weighted by molar-refractivity contribution is 5.76. The number of rotatable bonds is 4. The molecule has 0 saturated carbocycles. The number of nitrogens with one attached hydrogen (secondary N) is 1. The monoisotopic (exact) mass is 212 g/mol. The Kier molecular flexibility index (Phi) is 3.90. The number of aryl methyl sites for hydroxylation is 1. The lowest BCUT2D eigenvalue weighted by Crippen LogP contribution is -1.98. The van der Waals surface area contributed by atoms with Gasteiger partial charge in [0.05, 0.1) is 11.6 Å². The Bertz CT molecular complexity index is 464. The first kappa shape index (κ1) is 12.1. The van der Waals surface area contributed by atoms with Crippen LogP contribution >= 0.6 is 0 Å². The van der Waals surface area contributed by atoms with Gasteiger partial charge in [-0.2, -0.15) is 5.26 Å². The first-order valence-corrected chi connectivity index (χ1v) is 5.23. The average Bonchev–Trinajstić information content (AvgIpc) is 2.30. The van der Waals surface area contributed by atoms with E-state index in [-0.39, 0.29) is 0 Å². The summed E-state index contributed by atoms with van der Waals surface area (Å²) in [6.45, 7) is 11.6. The first-order valence-electron chi connectivity index (χ1n) is 5.23.